The fourth-order valence-corrected chi connectivity index (χ4v) is 2.31. The molecule has 0 bridgehead atoms. The number of nitrogens with one attached hydrogen (secondary N) is 1. The first-order chi connectivity index (χ1) is 7.68. The predicted molar refractivity (Wildman–Crippen MR) is 65.4 cm³/mol. The van der Waals surface area contributed by atoms with E-state index < -0.39 is 0 Å². The Labute approximate surface area is 97.1 Å². The van der Waals surface area contributed by atoms with E-state index in [1.54, 1.807) is 0 Å². The van der Waals surface area contributed by atoms with E-state index in [2.05, 4.69) is 31.3 Å². The van der Waals surface area contributed by atoms with Crippen molar-refractivity contribution in [2.45, 2.75) is 32.7 Å². The molecule has 1 atom stereocenters. The molecule has 1 heterocycles. The Balaban J connectivity index is 2.21. The van der Waals surface area contributed by atoms with E-state index in [-0.39, 0.29) is 6.04 Å². The Hall–Kier alpha value is -1.15. The summed E-state index contributed by atoms with van der Waals surface area (Å²) in [6.45, 7) is 5.09. The number of carbonyl (C=O) groups is 1. The van der Waals surface area contributed by atoms with Gasteiger partial charge in [-0.05, 0) is 23.5 Å². The average molecular weight is 217 g/mol. The van der Waals surface area contributed by atoms with Crippen molar-refractivity contribution in [3.8, 4) is 0 Å². The molecule has 2 heteroatoms. The lowest BCUT2D eigenvalue weighted by Crippen LogP contribution is -2.35. The van der Waals surface area contributed by atoms with Gasteiger partial charge >= 0.3 is 0 Å². The van der Waals surface area contributed by atoms with Gasteiger partial charge in [0, 0.05) is 13.0 Å². The number of benzene rings is 1. The lowest BCUT2D eigenvalue weighted by Gasteiger charge is -2.26. The third-order valence-electron chi connectivity index (χ3n) is 3.04. The number of hydrogen-bond acceptors (Lipinski definition) is 2. The summed E-state index contributed by atoms with van der Waals surface area (Å²) in [6, 6.07) is 8.19. The van der Waals surface area contributed by atoms with Gasteiger partial charge in [0.25, 0.3) is 0 Å². The molecule has 0 aliphatic carbocycles. The summed E-state index contributed by atoms with van der Waals surface area (Å²) in [5.74, 6) is 0.755. The number of carbonyl (C=O) groups excluding carboxylic acids is 1. The van der Waals surface area contributed by atoms with Gasteiger partial charge in [-0.3, -0.25) is 4.79 Å². The molecular weight excluding hydrogens is 198 g/mol. The molecule has 0 amide bonds. The topological polar surface area (TPSA) is 29.1 Å². The van der Waals surface area contributed by atoms with E-state index in [0.29, 0.717) is 18.1 Å². The minimum Gasteiger partial charge on any atom is -0.303 e. The molecule has 2 nitrogen and oxygen atoms in total. The molecular formula is C14H19NO. The van der Waals surface area contributed by atoms with Gasteiger partial charge in [0.15, 0.2) is 5.78 Å². The fourth-order valence-electron chi connectivity index (χ4n) is 2.31. The predicted octanol–water partition coefficient (Wildman–Crippen LogP) is 2.49. The van der Waals surface area contributed by atoms with Crippen LogP contribution in [0.4, 0.5) is 0 Å². The van der Waals surface area contributed by atoms with Crippen LogP contribution in [0, 0.1) is 5.92 Å². The maximum atomic E-state index is 12.1. The maximum Gasteiger partial charge on any atom is 0.154 e. The summed E-state index contributed by atoms with van der Waals surface area (Å²) in [7, 11) is 0. The molecule has 1 aliphatic rings. The normalized spacial score (nSPS) is 19.6. The molecule has 1 aromatic rings. The van der Waals surface area contributed by atoms with Gasteiger partial charge < -0.3 is 5.32 Å². The minimum atomic E-state index is -0.0765. The summed E-state index contributed by atoms with van der Waals surface area (Å²) >= 11 is 0. The van der Waals surface area contributed by atoms with Crippen LogP contribution in [0.1, 0.15) is 37.4 Å². The van der Waals surface area contributed by atoms with Gasteiger partial charge in [-0.2, -0.15) is 0 Å². The summed E-state index contributed by atoms with van der Waals surface area (Å²) in [6.07, 6.45) is 1.69. The van der Waals surface area contributed by atoms with Crippen LogP contribution in [-0.2, 0) is 11.2 Å². The highest BCUT2D eigenvalue weighted by Crippen LogP contribution is 2.25. The Bertz CT molecular complexity index is 384. The van der Waals surface area contributed by atoms with Crippen LogP contribution in [0.3, 0.4) is 0 Å². The van der Waals surface area contributed by atoms with Crippen molar-refractivity contribution >= 4 is 5.78 Å². The number of hydrogen-bond donors (Lipinski definition) is 1. The molecule has 1 aromatic carbocycles. The molecule has 0 fully saturated rings. The van der Waals surface area contributed by atoms with E-state index in [1.165, 1.54) is 11.1 Å². The van der Waals surface area contributed by atoms with E-state index in [0.717, 1.165) is 13.0 Å². The Morgan fingerprint density at radius 2 is 2.19 bits per heavy atom. The smallest absolute Gasteiger partial charge is 0.154 e. The zero-order valence-corrected chi connectivity index (χ0v) is 9.99. The largest absolute Gasteiger partial charge is 0.303 e. The second-order valence-electron chi connectivity index (χ2n) is 4.90. The molecule has 0 saturated heterocycles. The summed E-state index contributed by atoms with van der Waals surface area (Å²) in [5.41, 5.74) is 2.50. The summed E-state index contributed by atoms with van der Waals surface area (Å²) in [4.78, 5) is 12.1. The number of ketones is 1. The van der Waals surface area contributed by atoms with Gasteiger partial charge in [0.1, 0.15) is 0 Å². The quantitative estimate of drug-likeness (QED) is 0.842. The highest BCUT2D eigenvalue weighted by molar-refractivity contribution is 5.86. The second kappa shape index (κ2) is 4.79. The van der Waals surface area contributed by atoms with E-state index >= 15 is 0 Å². The fraction of sp³-hybridized carbons (Fsp3) is 0.500. The first kappa shape index (κ1) is 11.3. The number of Topliss-reactive ketones (excluding diaryl/α,β-unsaturated/α-hetero) is 1. The summed E-state index contributed by atoms with van der Waals surface area (Å²) in [5, 5.41) is 3.33. The molecule has 0 spiro atoms. The lowest BCUT2D eigenvalue weighted by molar-refractivity contribution is -0.122. The van der Waals surface area contributed by atoms with Crippen LogP contribution in [0.2, 0.25) is 0 Å². The Kier molecular flexibility index (Phi) is 3.39. The van der Waals surface area contributed by atoms with Gasteiger partial charge in [0.05, 0.1) is 6.04 Å². The standard InChI is InChI=1S/C14H19NO/c1-10(2)9-13(16)14-12-6-4-3-5-11(12)7-8-15-14/h3-6,10,14-15H,7-9H2,1-2H3. The molecule has 0 radical (unpaired) electrons. The first-order valence-electron chi connectivity index (χ1n) is 6.02. The average Bonchev–Trinajstić information content (AvgIpc) is 2.27. The van der Waals surface area contributed by atoms with Crippen molar-refractivity contribution in [1.82, 2.24) is 5.32 Å². The van der Waals surface area contributed by atoms with E-state index in [4.69, 9.17) is 0 Å². The van der Waals surface area contributed by atoms with Crippen LogP contribution < -0.4 is 5.32 Å². The van der Waals surface area contributed by atoms with Gasteiger partial charge in [0.2, 0.25) is 0 Å². The van der Waals surface area contributed by atoms with Crippen molar-refractivity contribution in [1.29, 1.82) is 0 Å². The second-order valence-corrected chi connectivity index (χ2v) is 4.90. The first-order valence-corrected chi connectivity index (χ1v) is 6.02. The lowest BCUT2D eigenvalue weighted by atomic mass is 9.89. The molecule has 16 heavy (non-hydrogen) atoms. The molecule has 1 aliphatic heterocycles. The Morgan fingerprint density at radius 1 is 1.44 bits per heavy atom. The van der Waals surface area contributed by atoms with Crippen molar-refractivity contribution < 1.29 is 4.79 Å². The van der Waals surface area contributed by atoms with Crippen LogP contribution in [0.5, 0.6) is 0 Å². The van der Waals surface area contributed by atoms with Crippen LogP contribution >= 0.6 is 0 Å². The van der Waals surface area contributed by atoms with Crippen molar-refractivity contribution in [2.24, 2.45) is 5.92 Å². The molecule has 1 N–H and O–H groups in total. The monoisotopic (exact) mass is 217 g/mol. The van der Waals surface area contributed by atoms with E-state index in [1.807, 2.05) is 12.1 Å². The molecule has 0 saturated carbocycles. The van der Waals surface area contributed by atoms with Crippen LogP contribution in [-0.4, -0.2) is 12.3 Å². The third kappa shape index (κ3) is 2.33. The van der Waals surface area contributed by atoms with Gasteiger partial charge in [-0.15, -0.1) is 0 Å². The van der Waals surface area contributed by atoms with Gasteiger partial charge in [-0.25, -0.2) is 0 Å². The Morgan fingerprint density at radius 3 is 2.94 bits per heavy atom. The maximum absolute atomic E-state index is 12.1. The van der Waals surface area contributed by atoms with Crippen molar-refractivity contribution in [2.75, 3.05) is 6.54 Å². The zero-order chi connectivity index (χ0) is 11.5. The molecule has 2 rings (SSSR count). The van der Waals surface area contributed by atoms with Crippen LogP contribution in [0.15, 0.2) is 24.3 Å². The van der Waals surface area contributed by atoms with E-state index in [9.17, 15) is 4.79 Å². The highest BCUT2D eigenvalue weighted by atomic mass is 16.1. The molecule has 1 unspecified atom stereocenters. The number of rotatable bonds is 3. The third-order valence-corrected chi connectivity index (χ3v) is 3.04. The molecule has 86 valence electrons. The van der Waals surface area contributed by atoms with Crippen molar-refractivity contribution in [3.05, 3.63) is 35.4 Å². The zero-order valence-electron chi connectivity index (χ0n) is 9.99. The number of fused-ring (bicyclic) bond motifs is 1. The minimum absolute atomic E-state index is 0.0765. The SMILES string of the molecule is CC(C)CC(=O)C1NCCc2ccccc21. The van der Waals surface area contributed by atoms with Crippen LogP contribution in [0.25, 0.3) is 0 Å². The van der Waals surface area contributed by atoms with Crippen molar-refractivity contribution in [3.63, 3.8) is 0 Å². The van der Waals surface area contributed by atoms with Gasteiger partial charge in [-0.1, -0.05) is 38.1 Å². The summed E-state index contributed by atoms with van der Waals surface area (Å²) < 4.78 is 0. The highest BCUT2D eigenvalue weighted by Gasteiger charge is 2.25. The molecule has 0 aromatic heterocycles.